The van der Waals surface area contributed by atoms with Gasteiger partial charge in [-0.05, 0) is 32.4 Å². The summed E-state index contributed by atoms with van der Waals surface area (Å²) in [6.07, 6.45) is 4.50. The van der Waals surface area contributed by atoms with Crippen molar-refractivity contribution in [1.82, 2.24) is 4.31 Å². The molecule has 1 aromatic carbocycles. The highest BCUT2D eigenvalue weighted by Gasteiger charge is 2.47. The Labute approximate surface area is 184 Å². The predicted molar refractivity (Wildman–Crippen MR) is 118 cm³/mol. The molecule has 0 bridgehead atoms. The molecule has 0 aliphatic heterocycles. The number of hydrogen-bond acceptors (Lipinski definition) is 6. The minimum absolute atomic E-state index is 0.0279. The third-order valence-corrected chi connectivity index (χ3v) is 6.50. The normalized spacial score (nSPS) is 11.6. The number of rotatable bonds is 11. The molecule has 1 rings (SSSR count). The van der Waals surface area contributed by atoms with E-state index in [4.69, 9.17) is 9.47 Å². The average molecular weight is 448 g/mol. The van der Waals surface area contributed by atoms with Gasteiger partial charge in [0.1, 0.15) is 0 Å². The molecule has 7 nitrogen and oxygen atoms in total. The molecule has 0 aromatic heterocycles. The van der Waals surface area contributed by atoms with Gasteiger partial charge in [0.2, 0.25) is 10.0 Å². The molecule has 31 heavy (non-hydrogen) atoms. The summed E-state index contributed by atoms with van der Waals surface area (Å²) in [6.45, 7) is 7.22. The largest absolute Gasteiger partial charge is 0.468 e. The summed E-state index contributed by atoms with van der Waals surface area (Å²) in [5.41, 5.74) is -0.673. The van der Waals surface area contributed by atoms with Crippen molar-refractivity contribution in [1.29, 1.82) is 0 Å². The fourth-order valence-electron chi connectivity index (χ4n) is 2.85. The van der Waals surface area contributed by atoms with Crippen molar-refractivity contribution in [3.8, 4) is 11.8 Å². The van der Waals surface area contributed by atoms with Crippen molar-refractivity contribution in [2.75, 3.05) is 27.3 Å². The zero-order chi connectivity index (χ0) is 23.5. The molecule has 0 aliphatic carbocycles. The smallest absolute Gasteiger partial charge is 0.324 e. The molecule has 0 heterocycles. The minimum Gasteiger partial charge on any atom is -0.468 e. The van der Waals surface area contributed by atoms with E-state index in [9.17, 15) is 18.0 Å². The van der Waals surface area contributed by atoms with Gasteiger partial charge in [0, 0.05) is 19.5 Å². The highest BCUT2D eigenvalue weighted by atomic mass is 32.2. The predicted octanol–water partition coefficient (Wildman–Crippen LogP) is 2.86. The van der Waals surface area contributed by atoms with E-state index >= 15 is 0 Å². The topological polar surface area (TPSA) is 90.0 Å². The standard InChI is InChI=1S/C23H29NO6S/c1-6-8-15-23(21(25)29-4,22(26)30-5)16-9-10-18-24(17-7-2)31(27,28)20-13-11-19(3)12-14-20/h7,9-14H,2,15-18H2,1,3-5H3/b10-9+. The summed E-state index contributed by atoms with van der Waals surface area (Å²) >= 11 is 0. The molecular weight excluding hydrogens is 418 g/mol. The molecule has 0 amide bonds. The van der Waals surface area contributed by atoms with E-state index in [0.717, 1.165) is 5.56 Å². The van der Waals surface area contributed by atoms with Gasteiger partial charge in [0.05, 0.1) is 19.1 Å². The Morgan fingerprint density at radius 2 is 1.68 bits per heavy atom. The summed E-state index contributed by atoms with van der Waals surface area (Å²) in [4.78, 5) is 25.0. The summed E-state index contributed by atoms with van der Waals surface area (Å²) in [6, 6.07) is 6.55. The first-order valence-electron chi connectivity index (χ1n) is 9.58. The Bertz CT molecular complexity index is 952. The number of allylic oxidation sites excluding steroid dienone is 1. The number of aryl methyl sites for hydroxylation is 1. The quantitative estimate of drug-likeness (QED) is 0.224. The Morgan fingerprint density at radius 1 is 1.10 bits per heavy atom. The zero-order valence-corrected chi connectivity index (χ0v) is 19.2. The number of ether oxygens (including phenoxy) is 2. The number of carbonyl (C=O) groups excluding carboxylic acids is 2. The molecule has 0 atom stereocenters. The lowest BCUT2D eigenvalue weighted by atomic mass is 9.81. The average Bonchev–Trinajstić information content (AvgIpc) is 2.77. The maximum Gasteiger partial charge on any atom is 0.324 e. The SMILES string of the molecule is C=CCN(C/C=C/CC(CC#CC)(C(=O)OC)C(=O)OC)S(=O)(=O)c1ccc(C)cc1. The molecule has 168 valence electrons. The second-order valence-electron chi connectivity index (χ2n) is 6.77. The highest BCUT2D eigenvalue weighted by molar-refractivity contribution is 7.89. The molecule has 0 aliphatic rings. The van der Waals surface area contributed by atoms with Crippen molar-refractivity contribution in [2.24, 2.45) is 5.41 Å². The van der Waals surface area contributed by atoms with Crippen molar-refractivity contribution in [3.63, 3.8) is 0 Å². The lowest BCUT2D eigenvalue weighted by Crippen LogP contribution is -2.40. The van der Waals surface area contributed by atoms with E-state index in [-0.39, 0.29) is 30.8 Å². The maximum atomic E-state index is 13.0. The van der Waals surface area contributed by atoms with Crippen molar-refractivity contribution < 1.29 is 27.5 Å². The van der Waals surface area contributed by atoms with E-state index in [1.165, 1.54) is 24.6 Å². The lowest BCUT2D eigenvalue weighted by Gasteiger charge is -2.25. The molecule has 1 aromatic rings. The van der Waals surface area contributed by atoms with Gasteiger partial charge in [-0.2, -0.15) is 4.31 Å². The Kier molecular flexibility index (Phi) is 10.2. The van der Waals surface area contributed by atoms with Crippen LogP contribution in [-0.4, -0.2) is 52.0 Å². The van der Waals surface area contributed by atoms with E-state index in [1.54, 1.807) is 43.3 Å². The number of carbonyl (C=O) groups is 2. The van der Waals surface area contributed by atoms with Gasteiger partial charge in [-0.25, -0.2) is 8.42 Å². The number of sulfonamides is 1. The second kappa shape index (κ2) is 12.1. The summed E-state index contributed by atoms with van der Waals surface area (Å²) in [7, 11) is -1.38. The zero-order valence-electron chi connectivity index (χ0n) is 18.4. The third-order valence-electron chi connectivity index (χ3n) is 4.65. The van der Waals surface area contributed by atoms with Crippen LogP contribution in [0.3, 0.4) is 0 Å². The van der Waals surface area contributed by atoms with Crippen molar-refractivity contribution >= 4 is 22.0 Å². The molecule has 0 spiro atoms. The summed E-state index contributed by atoms with van der Waals surface area (Å²) in [5.74, 6) is 3.87. The van der Waals surface area contributed by atoms with Gasteiger partial charge in [0.25, 0.3) is 0 Å². The number of nitrogens with zero attached hydrogens (tertiary/aromatic N) is 1. The van der Waals surface area contributed by atoms with Crippen LogP contribution in [-0.2, 0) is 29.1 Å². The molecule has 0 saturated heterocycles. The Hall–Kier alpha value is -2.89. The molecule has 0 unspecified atom stereocenters. The molecule has 8 heteroatoms. The van der Waals surface area contributed by atoms with Crippen LogP contribution < -0.4 is 0 Å². The number of esters is 2. The van der Waals surface area contributed by atoms with E-state index in [2.05, 4.69) is 18.4 Å². The van der Waals surface area contributed by atoms with Gasteiger partial charge >= 0.3 is 11.9 Å². The summed E-state index contributed by atoms with van der Waals surface area (Å²) in [5, 5.41) is 0. The number of methoxy groups -OCH3 is 2. The van der Waals surface area contributed by atoms with Gasteiger partial charge < -0.3 is 9.47 Å². The van der Waals surface area contributed by atoms with Gasteiger partial charge in [-0.3, -0.25) is 9.59 Å². The van der Waals surface area contributed by atoms with E-state index < -0.39 is 27.4 Å². The third kappa shape index (κ3) is 6.54. The highest BCUT2D eigenvalue weighted by Crippen LogP contribution is 2.30. The van der Waals surface area contributed by atoms with Crippen LogP contribution in [0.4, 0.5) is 0 Å². The van der Waals surface area contributed by atoms with E-state index in [0.29, 0.717) is 0 Å². The minimum atomic E-state index is -3.75. The Balaban J connectivity index is 3.13. The first kappa shape index (κ1) is 26.1. The second-order valence-corrected chi connectivity index (χ2v) is 8.71. The van der Waals surface area contributed by atoms with Crippen LogP contribution in [0, 0.1) is 24.2 Å². The first-order valence-corrected chi connectivity index (χ1v) is 11.0. The molecule has 0 fully saturated rings. The Morgan fingerprint density at radius 3 is 2.16 bits per heavy atom. The lowest BCUT2D eigenvalue weighted by molar-refractivity contribution is -0.168. The van der Waals surface area contributed by atoms with Gasteiger partial charge in [-0.15, -0.1) is 18.4 Å². The van der Waals surface area contributed by atoms with Gasteiger partial charge in [-0.1, -0.05) is 35.9 Å². The van der Waals surface area contributed by atoms with Crippen molar-refractivity contribution in [3.05, 3.63) is 54.6 Å². The van der Waals surface area contributed by atoms with Crippen LogP contribution in [0.1, 0.15) is 25.3 Å². The molecule has 0 radical (unpaired) electrons. The molecule has 0 N–H and O–H groups in total. The maximum absolute atomic E-state index is 13.0. The fourth-order valence-corrected chi connectivity index (χ4v) is 4.21. The van der Waals surface area contributed by atoms with Crippen molar-refractivity contribution in [2.45, 2.75) is 31.6 Å². The fraction of sp³-hybridized carbons (Fsp3) is 0.391. The van der Waals surface area contributed by atoms with Crippen LogP contribution in [0.15, 0.2) is 54.0 Å². The van der Waals surface area contributed by atoms with Crippen LogP contribution in [0.25, 0.3) is 0 Å². The monoisotopic (exact) mass is 447 g/mol. The van der Waals surface area contributed by atoms with Gasteiger partial charge in [0.15, 0.2) is 5.41 Å². The van der Waals surface area contributed by atoms with Crippen LogP contribution >= 0.6 is 0 Å². The number of benzene rings is 1. The van der Waals surface area contributed by atoms with Crippen LogP contribution in [0.5, 0.6) is 0 Å². The molecular formula is C23H29NO6S. The number of hydrogen-bond donors (Lipinski definition) is 0. The molecule has 0 saturated carbocycles. The van der Waals surface area contributed by atoms with E-state index in [1.807, 2.05) is 6.92 Å². The van der Waals surface area contributed by atoms with Crippen LogP contribution in [0.2, 0.25) is 0 Å². The first-order chi connectivity index (χ1) is 14.7. The summed E-state index contributed by atoms with van der Waals surface area (Å²) < 4.78 is 36.8.